The Bertz CT molecular complexity index is 472. The molecule has 3 nitrogen and oxygen atoms in total. The predicted octanol–water partition coefficient (Wildman–Crippen LogP) is 3.17. The molecule has 3 N–H and O–H groups in total. The zero-order valence-corrected chi connectivity index (χ0v) is 12.8. The van der Waals surface area contributed by atoms with Gasteiger partial charge in [0.05, 0.1) is 5.56 Å². The van der Waals surface area contributed by atoms with Gasteiger partial charge in [-0.25, -0.2) is 0 Å². The van der Waals surface area contributed by atoms with Crippen molar-refractivity contribution in [3.05, 3.63) is 23.8 Å². The molecule has 1 aliphatic carbocycles. The molecule has 104 valence electrons. The van der Waals surface area contributed by atoms with Crippen molar-refractivity contribution in [2.24, 2.45) is 17.6 Å². The van der Waals surface area contributed by atoms with E-state index in [0.717, 1.165) is 40.3 Å². The van der Waals surface area contributed by atoms with Crippen molar-refractivity contribution in [2.45, 2.75) is 25.2 Å². The highest BCUT2D eigenvalue weighted by molar-refractivity contribution is 7.99. The quantitative estimate of drug-likeness (QED) is 0.477. The van der Waals surface area contributed by atoms with E-state index in [4.69, 9.17) is 11.1 Å². The predicted molar refractivity (Wildman–Crippen MR) is 84.4 cm³/mol. The van der Waals surface area contributed by atoms with Crippen LogP contribution in [0.15, 0.2) is 23.1 Å². The second-order valence-electron chi connectivity index (χ2n) is 5.35. The van der Waals surface area contributed by atoms with E-state index in [1.165, 1.54) is 6.42 Å². The van der Waals surface area contributed by atoms with E-state index in [0.29, 0.717) is 0 Å². The van der Waals surface area contributed by atoms with Crippen LogP contribution in [0.2, 0.25) is 0 Å². The molecular formula is C15H23N3S. The first-order chi connectivity index (χ1) is 9.04. The van der Waals surface area contributed by atoms with Crippen LogP contribution in [0.25, 0.3) is 0 Å². The monoisotopic (exact) mass is 277 g/mol. The Morgan fingerprint density at radius 1 is 1.53 bits per heavy atom. The molecule has 2 rings (SSSR count). The largest absolute Gasteiger partial charge is 0.384 e. The molecule has 1 fully saturated rings. The highest BCUT2D eigenvalue weighted by Gasteiger charge is 2.33. The number of anilines is 1. The Hall–Kier alpha value is -1.16. The number of benzene rings is 1. The molecule has 0 amide bonds. The van der Waals surface area contributed by atoms with Crippen LogP contribution in [0.1, 0.15) is 25.8 Å². The molecule has 0 heterocycles. The summed E-state index contributed by atoms with van der Waals surface area (Å²) in [5.41, 5.74) is 7.78. The standard InChI is InChI=1S/C15H23N3S/c1-4-19-13-7-5-6-12(14(13)15(16)17)18(3)9-11-8-10(11)2/h5-7,10-11H,4,8-9H2,1-3H3,(H3,16,17). The van der Waals surface area contributed by atoms with E-state index in [9.17, 15) is 0 Å². The number of hydrogen-bond acceptors (Lipinski definition) is 3. The molecule has 2 unspecified atom stereocenters. The van der Waals surface area contributed by atoms with Crippen LogP contribution in [0, 0.1) is 17.2 Å². The molecule has 0 bridgehead atoms. The molecular weight excluding hydrogens is 254 g/mol. The lowest BCUT2D eigenvalue weighted by atomic mass is 10.1. The van der Waals surface area contributed by atoms with E-state index in [1.54, 1.807) is 11.8 Å². The maximum absolute atomic E-state index is 7.86. The molecule has 0 radical (unpaired) electrons. The Morgan fingerprint density at radius 2 is 2.21 bits per heavy atom. The third-order valence-corrected chi connectivity index (χ3v) is 4.71. The van der Waals surface area contributed by atoms with Gasteiger partial charge < -0.3 is 10.6 Å². The summed E-state index contributed by atoms with van der Waals surface area (Å²) < 4.78 is 0. The Morgan fingerprint density at radius 3 is 2.74 bits per heavy atom. The van der Waals surface area contributed by atoms with Gasteiger partial charge in [0.2, 0.25) is 0 Å². The number of nitrogens with one attached hydrogen (secondary N) is 1. The molecule has 4 heteroatoms. The van der Waals surface area contributed by atoms with Crippen LogP contribution < -0.4 is 10.6 Å². The smallest absolute Gasteiger partial charge is 0.126 e. The molecule has 1 aliphatic rings. The highest BCUT2D eigenvalue weighted by Crippen LogP contribution is 2.39. The van der Waals surface area contributed by atoms with Gasteiger partial charge in [0.1, 0.15) is 5.84 Å². The SMILES string of the molecule is CCSc1cccc(N(C)CC2CC2C)c1C(=N)N. The van der Waals surface area contributed by atoms with Crippen LogP contribution in [-0.2, 0) is 0 Å². The minimum atomic E-state index is 0.169. The topological polar surface area (TPSA) is 53.1 Å². The van der Waals surface area contributed by atoms with Gasteiger partial charge in [0.25, 0.3) is 0 Å². The summed E-state index contributed by atoms with van der Waals surface area (Å²) in [7, 11) is 2.10. The van der Waals surface area contributed by atoms with Crippen molar-refractivity contribution in [1.29, 1.82) is 5.41 Å². The number of hydrogen-bond donors (Lipinski definition) is 2. The number of nitrogen functional groups attached to an aromatic ring is 1. The van der Waals surface area contributed by atoms with Crippen molar-refractivity contribution in [3.8, 4) is 0 Å². The second kappa shape index (κ2) is 5.87. The number of nitrogens with two attached hydrogens (primary N) is 1. The molecule has 19 heavy (non-hydrogen) atoms. The summed E-state index contributed by atoms with van der Waals surface area (Å²) >= 11 is 1.75. The average molecular weight is 277 g/mol. The summed E-state index contributed by atoms with van der Waals surface area (Å²) in [6.07, 6.45) is 1.32. The van der Waals surface area contributed by atoms with E-state index in [2.05, 4.69) is 44.0 Å². The van der Waals surface area contributed by atoms with Crippen LogP contribution >= 0.6 is 11.8 Å². The fraction of sp³-hybridized carbons (Fsp3) is 0.533. The molecule has 1 aromatic rings. The van der Waals surface area contributed by atoms with Gasteiger partial charge in [-0.1, -0.05) is 19.9 Å². The van der Waals surface area contributed by atoms with Gasteiger partial charge >= 0.3 is 0 Å². The van der Waals surface area contributed by atoms with Gasteiger partial charge in [0.15, 0.2) is 0 Å². The summed E-state index contributed by atoms with van der Waals surface area (Å²) in [5.74, 6) is 2.80. The van der Waals surface area contributed by atoms with Crippen LogP contribution in [-0.4, -0.2) is 25.2 Å². The summed E-state index contributed by atoms with van der Waals surface area (Å²) in [6.45, 7) is 5.48. The maximum atomic E-state index is 7.86. The van der Waals surface area contributed by atoms with Crippen LogP contribution in [0.4, 0.5) is 5.69 Å². The van der Waals surface area contributed by atoms with Crippen molar-refractivity contribution in [1.82, 2.24) is 0 Å². The van der Waals surface area contributed by atoms with Crippen LogP contribution in [0.3, 0.4) is 0 Å². The zero-order chi connectivity index (χ0) is 14.0. The number of thioether (sulfide) groups is 1. The third kappa shape index (κ3) is 3.24. The molecule has 0 saturated heterocycles. The summed E-state index contributed by atoms with van der Waals surface area (Å²) in [6, 6.07) is 6.19. The van der Waals surface area contributed by atoms with Crippen molar-refractivity contribution in [3.63, 3.8) is 0 Å². The Labute approximate surface area is 120 Å². The molecule has 0 aliphatic heterocycles. The van der Waals surface area contributed by atoms with E-state index in [1.807, 2.05) is 0 Å². The highest BCUT2D eigenvalue weighted by atomic mass is 32.2. The first kappa shape index (κ1) is 14.3. The first-order valence-electron chi connectivity index (χ1n) is 6.86. The molecule has 0 spiro atoms. The van der Waals surface area contributed by atoms with Crippen molar-refractivity contribution >= 4 is 23.3 Å². The molecule has 2 atom stereocenters. The van der Waals surface area contributed by atoms with Gasteiger partial charge in [-0.2, -0.15) is 0 Å². The molecule has 1 aromatic carbocycles. The van der Waals surface area contributed by atoms with Crippen molar-refractivity contribution in [2.75, 3.05) is 24.2 Å². The van der Waals surface area contributed by atoms with Crippen LogP contribution in [0.5, 0.6) is 0 Å². The minimum Gasteiger partial charge on any atom is -0.384 e. The van der Waals surface area contributed by atoms with Gasteiger partial charge in [-0.05, 0) is 36.1 Å². The third-order valence-electron chi connectivity index (χ3n) is 3.77. The van der Waals surface area contributed by atoms with E-state index >= 15 is 0 Å². The minimum absolute atomic E-state index is 0.169. The van der Waals surface area contributed by atoms with Gasteiger partial charge in [-0.15, -0.1) is 11.8 Å². The fourth-order valence-electron chi connectivity index (χ4n) is 2.49. The van der Waals surface area contributed by atoms with Crippen molar-refractivity contribution < 1.29 is 0 Å². The normalized spacial score (nSPS) is 21.2. The van der Waals surface area contributed by atoms with Gasteiger partial charge in [0, 0.05) is 24.2 Å². The lowest BCUT2D eigenvalue weighted by Crippen LogP contribution is -2.25. The van der Waals surface area contributed by atoms with E-state index in [-0.39, 0.29) is 5.84 Å². The molecule has 0 aromatic heterocycles. The number of amidine groups is 1. The fourth-order valence-corrected chi connectivity index (χ4v) is 3.33. The van der Waals surface area contributed by atoms with Gasteiger partial charge in [-0.3, -0.25) is 5.41 Å². The Balaban J connectivity index is 2.27. The summed E-state index contributed by atoms with van der Waals surface area (Å²) in [4.78, 5) is 3.37. The Kier molecular flexibility index (Phi) is 4.40. The maximum Gasteiger partial charge on any atom is 0.126 e. The van der Waals surface area contributed by atoms with E-state index < -0.39 is 0 Å². The number of rotatable bonds is 6. The molecule has 1 saturated carbocycles. The second-order valence-corrected chi connectivity index (χ2v) is 6.66. The first-order valence-corrected chi connectivity index (χ1v) is 7.84. The number of nitrogens with zero attached hydrogens (tertiary/aromatic N) is 1. The summed E-state index contributed by atoms with van der Waals surface area (Å²) in [5, 5.41) is 7.86. The zero-order valence-electron chi connectivity index (χ0n) is 11.9. The lowest BCUT2D eigenvalue weighted by molar-refractivity contribution is 0.724. The average Bonchev–Trinajstić information content (AvgIpc) is 3.04. The lowest BCUT2D eigenvalue weighted by Gasteiger charge is -2.23.